The van der Waals surface area contributed by atoms with Crippen LogP contribution in [0.1, 0.15) is 5.56 Å². The highest BCUT2D eigenvalue weighted by molar-refractivity contribution is 9.10. The first-order valence-electron chi connectivity index (χ1n) is 6.60. The minimum atomic E-state index is -0.529. The van der Waals surface area contributed by atoms with Crippen LogP contribution in [0.5, 0.6) is 5.75 Å². The summed E-state index contributed by atoms with van der Waals surface area (Å²) in [6.07, 6.45) is 1.36. The number of nitro benzene ring substituents is 1. The molecule has 1 amide bonds. The van der Waals surface area contributed by atoms with Crippen molar-refractivity contribution in [1.82, 2.24) is 5.43 Å². The molecule has 0 aliphatic carbocycles. The highest BCUT2D eigenvalue weighted by Crippen LogP contribution is 2.17. The first-order valence-corrected chi connectivity index (χ1v) is 7.39. The van der Waals surface area contributed by atoms with Crippen LogP contribution in [0.25, 0.3) is 0 Å². The molecular formula is C15H11BrFN3O4. The molecule has 7 nitrogen and oxygen atoms in total. The Morgan fingerprint density at radius 2 is 2.04 bits per heavy atom. The van der Waals surface area contributed by atoms with E-state index in [1.165, 1.54) is 48.7 Å². The van der Waals surface area contributed by atoms with Crippen molar-refractivity contribution in [2.45, 2.75) is 0 Å². The number of hydrazone groups is 1. The standard InChI is InChI=1S/C15H11BrFN3O4/c16-13-7-10(1-6-14(13)17)8-18-19-15(21)9-24-12-4-2-11(3-5-12)20(22)23/h1-8H,9H2,(H,19,21)/b18-8-. The van der Waals surface area contributed by atoms with Crippen molar-refractivity contribution < 1.29 is 18.8 Å². The number of nitrogens with one attached hydrogen (secondary N) is 1. The summed E-state index contributed by atoms with van der Waals surface area (Å²) in [5.41, 5.74) is 2.78. The van der Waals surface area contributed by atoms with Crippen molar-refractivity contribution >= 4 is 33.7 Å². The minimum absolute atomic E-state index is 0.0677. The zero-order chi connectivity index (χ0) is 17.5. The highest BCUT2D eigenvalue weighted by atomic mass is 79.9. The number of hydrogen-bond donors (Lipinski definition) is 1. The summed E-state index contributed by atoms with van der Waals surface area (Å²) in [5, 5.41) is 14.2. The van der Waals surface area contributed by atoms with Gasteiger partial charge in [0, 0.05) is 12.1 Å². The molecule has 24 heavy (non-hydrogen) atoms. The molecule has 2 rings (SSSR count). The lowest BCUT2D eigenvalue weighted by Crippen LogP contribution is -2.24. The third kappa shape index (κ3) is 5.13. The molecule has 9 heteroatoms. The minimum Gasteiger partial charge on any atom is -0.484 e. The number of non-ortho nitro benzene ring substituents is 1. The average Bonchev–Trinajstić information content (AvgIpc) is 2.56. The molecule has 0 saturated carbocycles. The van der Waals surface area contributed by atoms with E-state index in [4.69, 9.17) is 4.74 Å². The summed E-state index contributed by atoms with van der Waals surface area (Å²) in [6, 6.07) is 9.62. The number of nitro groups is 1. The number of rotatable bonds is 6. The van der Waals surface area contributed by atoms with E-state index in [1.54, 1.807) is 0 Å². The number of ether oxygens (including phenoxy) is 1. The van der Waals surface area contributed by atoms with Crippen LogP contribution in [-0.2, 0) is 4.79 Å². The third-order valence-electron chi connectivity index (χ3n) is 2.76. The van der Waals surface area contributed by atoms with Gasteiger partial charge in [0.15, 0.2) is 6.61 Å². The number of benzene rings is 2. The second-order valence-electron chi connectivity index (χ2n) is 4.51. The van der Waals surface area contributed by atoms with Gasteiger partial charge in [-0.2, -0.15) is 5.10 Å². The Bertz CT molecular complexity index is 781. The van der Waals surface area contributed by atoms with Gasteiger partial charge in [0.05, 0.1) is 15.6 Å². The molecule has 0 unspecified atom stereocenters. The summed E-state index contributed by atoms with van der Waals surface area (Å²) in [6.45, 7) is -0.303. The molecule has 0 spiro atoms. The number of hydrogen-bond acceptors (Lipinski definition) is 5. The van der Waals surface area contributed by atoms with Crippen molar-refractivity contribution in [3.63, 3.8) is 0 Å². The Balaban J connectivity index is 1.81. The molecular weight excluding hydrogens is 385 g/mol. The van der Waals surface area contributed by atoms with Gasteiger partial charge in [0.25, 0.3) is 11.6 Å². The maximum Gasteiger partial charge on any atom is 0.277 e. The fraction of sp³-hybridized carbons (Fsp3) is 0.0667. The fourth-order valence-corrected chi connectivity index (χ4v) is 2.01. The van der Waals surface area contributed by atoms with Crippen molar-refractivity contribution in [2.75, 3.05) is 6.61 Å². The number of carbonyl (C=O) groups is 1. The average molecular weight is 396 g/mol. The van der Waals surface area contributed by atoms with Gasteiger partial charge in [-0.3, -0.25) is 14.9 Å². The monoisotopic (exact) mass is 395 g/mol. The maximum absolute atomic E-state index is 13.1. The molecule has 124 valence electrons. The van der Waals surface area contributed by atoms with E-state index in [0.717, 1.165) is 0 Å². The van der Waals surface area contributed by atoms with E-state index in [-0.39, 0.29) is 12.3 Å². The number of halogens is 2. The third-order valence-corrected chi connectivity index (χ3v) is 3.37. The second-order valence-corrected chi connectivity index (χ2v) is 5.36. The van der Waals surface area contributed by atoms with Gasteiger partial charge in [-0.1, -0.05) is 6.07 Å². The number of carbonyl (C=O) groups excluding carboxylic acids is 1. The van der Waals surface area contributed by atoms with Crippen LogP contribution in [0.15, 0.2) is 52.0 Å². The predicted molar refractivity (Wildman–Crippen MR) is 88.4 cm³/mol. The van der Waals surface area contributed by atoms with Gasteiger partial charge in [-0.05, 0) is 45.8 Å². The zero-order valence-electron chi connectivity index (χ0n) is 12.1. The summed E-state index contributed by atoms with van der Waals surface area (Å²) in [7, 11) is 0. The largest absolute Gasteiger partial charge is 0.484 e. The molecule has 2 aromatic carbocycles. The van der Waals surface area contributed by atoms with E-state index in [9.17, 15) is 19.3 Å². The van der Waals surface area contributed by atoms with Crippen LogP contribution < -0.4 is 10.2 Å². The van der Waals surface area contributed by atoms with Crippen LogP contribution in [0.2, 0.25) is 0 Å². The summed E-state index contributed by atoms with van der Waals surface area (Å²) >= 11 is 3.05. The lowest BCUT2D eigenvalue weighted by atomic mass is 10.2. The first-order chi connectivity index (χ1) is 11.5. The quantitative estimate of drug-likeness (QED) is 0.462. The Labute approximate surface area is 144 Å². The molecule has 0 aliphatic rings. The van der Waals surface area contributed by atoms with E-state index < -0.39 is 16.6 Å². The molecule has 1 N–H and O–H groups in total. The molecule has 0 bridgehead atoms. The predicted octanol–water partition coefficient (Wildman–Crippen LogP) is 3.03. The van der Waals surface area contributed by atoms with Gasteiger partial charge in [0.2, 0.25) is 0 Å². The van der Waals surface area contributed by atoms with Crippen LogP contribution >= 0.6 is 15.9 Å². The van der Waals surface area contributed by atoms with E-state index in [0.29, 0.717) is 15.8 Å². The summed E-state index contributed by atoms with van der Waals surface area (Å²) in [5.74, 6) is -0.583. The van der Waals surface area contributed by atoms with Crippen molar-refractivity contribution in [3.8, 4) is 5.75 Å². The molecule has 2 aromatic rings. The van der Waals surface area contributed by atoms with Gasteiger partial charge in [-0.25, -0.2) is 9.82 Å². The van der Waals surface area contributed by atoms with E-state index in [1.807, 2.05) is 0 Å². The molecule has 0 aromatic heterocycles. The van der Waals surface area contributed by atoms with Gasteiger partial charge < -0.3 is 4.74 Å². The van der Waals surface area contributed by atoms with E-state index in [2.05, 4.69) is 26.5 Å². The molecule has 0 radical (unpaired) electrons. The first kappa shape index (κ1) is 17.5. The lowest BCUT2D eigenvalue weighted by Gasteiger charge is -2.04. The summed E-state index contributed by atoms with van der Waals surface area (Å²) in [4.78, 5) is 21.6. The number of nitrogens with zero attached hydrogens (tertiary/aromatic N) is 2. The van der Waals surface area contributed by atoms with Gasteiger partial charge >= 0.3 is 0 Å². The molecule has 0 saturated heterocycles. The Hall–Kier alpha value is -2.81. The molecule has 0 aliphatic heterocycles. The highest BCUT2D eigenvalue weighted by Gasteiger charge is 2.06. The summed E-state index contributed by atoms with van der Waals surface area (Å²) < 4.78 is 18.5. The fourth-order valence-electron chi connectivity index (χ4n) is 1.62. The van der Waals surface area contributed by atoms with Crippen LogP contribution in [0.3, 0.4) is 0 Å². The lowest BCUT2D eigenvalue weighted by molar-refractivity contribution is -0.384. The normalized spacial score (nSPS) is 10.6. The smallest absolute Gasteiger partial charge is 0.277 e. The number of amides is 1. The maximum atomic E-state index is 13.1. The van der Waals surface area contributed by atoms with Crippen molar-refractivity contribution in [2.24, 2.45) is 5.10 Å². The topological polar surface area (TPSA) is 93.8 Å². The molecule has 0 atom stereocenters. The SMILES string of the molecule is O=C(COc1ccc([N+](=O)[O-])cc1)N/N=C\c1ccc(F)c(Br)c1. The second kappa shape index (κ2) is 8.16. The Morgan fingerprint density at radius 3 is 2.67 bits per heavy atom. The van der Waals surface area contributed by atoms with Crippen molar-refractivity contribution in [3.05, 3.63) is 68.4 Å². The molecule has 0 fully saturated rings. The van der Waals surface area contributed by atoms with Crippen LogP contribution in [0.4, 0.5) is 10.1 Å². The Kier molecular flexibility index (Phi) is 5.96. The zero-order valence-corrected chi connectivity index (χ0v) is 13.7. The van der Waals surface area contributed by atoms with Crippen LogP contribution in [-0.4, -0.2) is 23.7 Å². The Morgan fingerprint density at radius 1 is 1.33 bits per heavy atom. The van der Waals surface area contributed by atoms with E-state index >= 15 is 0 Å². The van der Waals surface area contributed by atoms with Gasteiger partial charge in [-0.15, -0.1) is 0 Å². The van der Waals surface area contributed by atoms with Crippen LogP contribution in [0, 0.1) is 15.9 Å². The van der Waals surface area contributed by atoms with Crippen molar-refractivity contribution in [1.29, 1.82) is 0 Å². The molecule has 0 heterocycles. The van der Waals surface area contributed by atoms with Gasteiger partial charge in [0.1, 0.15) is 11.6 Å².